The van der Waals surface area contributed by atoms with Crippen LogP contribution in [-0.2, 0) is 7.93 Å². The molecule has 0 bridgehead atoms. The third kappa shape index (κ3) is 4.38. The highest BCUT2D eigenvalue weighted by atomic mass is 127. The Balaban J connectivity index is 2.26. The molecule has 0 unspecified atom stereocenters. The van der Waals surface area contributed by atoms with Gasteiger partial charge in [-0.3, -0.25) is 0 Å². The van der Waals surface area contributed by atoms with Gasteiger partial charge < -0.3 is 6.87 Å². The van der Waals surface area contributed by atoms with Gasteiger partial charge in [0.1, 0.15) is 0 Å². The molecule has 0 aliphatic carbocycles. The second-order valence-electron chi connectivity index (χ2n) is 7.21. The van der Waals surface area contributed by atoms with E-state index in [2.05, 4.69) is 32.9 Å². The van der Waals surface area contributed by atoms with Gasteiger partial charge in [-0.25, -0.2) is 0 Å². The summed E-state index contributed by atoms with van der Waals surface area (Å²) in [5.74, 6) is 0. The van der Waals surface area contributed by atoms with Gasteiger partial charge in [0.2, 0.25) is 0 Å². The van der Waals surface area contributed by atoms with Crippen LogP contribution < -0.4 is 27.9 Å². The lowest BCUT2D eigenvalue weighted by Gasteiger charge is -2.33. The van der Waals surface area contributed by atoms with Crippen LogP contribution in [0, 0.1) is 0 Å². The zero-order chi connectivity index (χ0) is 19.5. The predicted octanol–water partition coefficient (Wildman–Crippen LogP) is 1.29. The lowest BCUT2D eigenvalue weighted by Crippen LogP contribution is -3.98. The van der Waals surface area contributed by atoms with Gasteiger partial charge in [-0.15, -0.1) is 0 Å². The lowest BCUT2D eigenvalue weighted by molar-refractivity contribution is -1.62. The summed E-state index contributed by atoms with van der Waals surface area (Å²) in [5.41, 5.74) is 1.21. The van der Waals surface area contributed by atoms with Gasteiger partial charge in [0.05, 0.1) is 0 Å². The van der Waals surface area contributed by atoms with Crippen LogP contribution in [0.15, 0.2) is 99.6 Å². The molecule has 3 aromatic rings. The summed E-state index contributed by atoms with van der Waals surface area (Å²) in [6.07, 6.45) is 0. The van der Waals surface area contributed by atoms with Gasteiger partial charge in [0, 0.05) is 27.5 Å². The quantitative estimate of drug-likeness (QED) is 0.503. The largest absolute Gasteiger partial charge is 0.520 e. The Kier molecular flexibility index (Phi) is 6.28. The Hall–Kier alpha value is -1.38. The Bertz CT molecular complexity index is 820. The fourth-order valence-electron chi connectivity index (χ4n) is 2.97. The lowest BCUT2D eigenvalue weighted by atomic mass is 9.87. The van der Waals surface area contributed by atoms with E-state index in [0.29, 0.717) is 0 Å². The van der Waals surface area contributed by atoms with Crippen LogP contribution in [0.2, 0.25) is 0 Å². The molecule has 3 aromatic carbocycles. The Morgan fingerprint density at radius 2 is 1.07 bits per heavy atom. The first-order valence-corrected chi connectivity index (χ1v) is 12.8. The van der Waals surface area contributed by atoms with E-state index in [1.165, 1.54) is 5.56 Å². The van der Waals surface area contributed by atoms with Gasteiger partial charge in [-0.2, -0.15) is 0 Å². The van der Waals surface area contributed by atoms with Crippen LogP contribution in [0.1, 0.15) is 26.3 Å². The highest BCUT2D eigenvalue weighted by Crippen LogP contribution is 2.67. The molecule has 0 aliphatic heterocycles. The summed E-state index contributed by atoms with van der Waals surface area (Å²) >= 11 is -4.00. The normalized spacial score (nSPS) is 13.0. The molecule has 0 heterocycles. The van der Waals surface area contributed by atoms with Crippen LogP contribution >= 0.6 is 10.3 Å². The van der Waals surface area contributed by atoms with Crippen LogP contribution in [0.5, 0.6) is 0 Å². The monoisotopic (exact) mass is 494 g/mol. The SMILES string of the molecule is CC(C)(C)c1ccc(S(O[I+2]([O-])[O-])(c2ccccc2)c2ccccc2)cc1. The van der Waals surface area contributed by atoms with E-state index < -0.39 is 31.4 Å². The van der Waals surface area contributed by atoms with Crippen LogP contribution in [0.3, 0.4) is 0 Å². The van der Waals surface area contributed by atoms with E-state index in [0.717, 1.165) is 14.7 Å². The number of hydrogen-bond donors (Lipinski definition) is 0. The minimum absolute atomic E-state index is 0.0202. The third-order valence-electron chi connectivity index (χ3n) is 4.35. The molecular formula is C22H23IO3S. The second kappa shape index (κ2) is 8.32. The number of rotatable bonds is 5. The van der Waals surface area contributed by atoms with Gasteiger partial charge in [0.25, 0.3) is 0 Å². The first kappa shape index (κ1) is 20.4. The number of hydrogen-bond acceptors (Lipinski definition) is 3. The topological polar surface area (TPSA) is 55.3 Å². The molecule has 0 saturated heterocycles. The van der Waals surface area contributed by atoms with Crippen molar-refractivity contribution in [2.24, 2.45) is 0 Å². The summed E-state index contributed by atoms with van der Waals surface area (Å²) in [7, 11) is -2.35. The molecule has 0 amide bonds. The molecule has 0 N–H and O–H groups in total. The maximum Gasteiger partial charge on any atom is 0.520 e. The van der Waals surface area contributed by atoms with E-state index in [4.69, 9.17) is 2.51 Å². The van der Waals surface area contributed by atoms with Crippen LogP contribution in [-0.4, -0.2) is 0 Å². The molecule has 0 radical (unpaired) electrons. The molecule has 3 rings (SSSR count). The maximum atomic E-state index is 11.9. The standard InChI is InChI=1S/C22H23IO3S/c1-22(2,3)18-14-16-21(17-15-18)27(26-23(24)25,19-10-6-4-7-11-19)20-12-8-5-9-13-20/h4-17H,1-3H3. The summed E-state index contributed by atoms with van der Waals surface area (Å²) in [6.45, 7) is 6.48. The van der Waals surface area contributed by atoms with Crippen LogP contribution in [0.25, 0.3) is 0 Å². The van der Waals surface area contributed by atoms with E-state index >= 15 is 0 Å². The third-order valence-corrected chi connectivity index (χ3v) is 9.95. The molecule has 0 aliphatic rings. The summed E-state index contributed by atoms with van der Waals surface area (Å²) in [5, 5.41) is 0. The zero-order valence-corrected chi connectivity index (χ0v) is 18.6. The first-order chi connectivity index (χ1) is 12.8. The van der Waals surface area contributed by atoms with Gasteiger partial charge in [-0.05, 0) is 47.4 Å². The molecule has 27 heavy (non-hydrogen) atoms. The number of benzene rings is 3. The fraction of sp³-hybridized carbons (Fsp3) is 0.182. The van der Waals surface area contributed by atoms with Crippen molar-refractivity contribution in [3.63, 3.8) is 0 Å². The zero-order valence-electron chi connectivity index (χ0n) is 15.6. The van der Waals surface area contributed by atoms with Crippen molar-refractivity contribution < 1.29 is 30.4 Å². The molecule has 0 saturated carbocycles. The molecular weight excluding hydrogens is 471 g/mol. The molecule has 0 fully saturated rings. The van der Waals surface area contributed by atoms with Crippen molar-refractivity contribution in [3.8, 4) is 0 Å². The first-order valence-electron chi connectivity index (χ1n) is 8.63. The molecule has 3 nitrogen and oxygen atoms in total. The van der Waals surface area contributed by atoms with Crippen molar-refractivity contribution in [3.05, 3.63) is 90.5 Å². The molecule has 142 valence electrons. The minimum Gasteiger partial charge on any atom is -0.395 e. The molecule has 5 heteroatoms. The van der Waals surface area contributed by atoms with Crippen LogP contribution in [0.4, 0.5) is 0 Å². The summed E-state index contributed by atoms with van der Waals surface area (Å²) < 4.78 is 29.6. The minimum atomic E-state index is -4.00. The average Bonchev–Trinajstić information content (AvgIpc) is 2.67. The fourth-order valence-corrected chi connectivity index (χ4v) is 8.94. The maximum absolute atomic E-state index is 11.9. The number of halogens is 1. The Morgan fingerprint density at radius 1 is 0.667 bits per heavy atom. The predicted molar refractivity (Wildman–Crippen MR) is 102 cm³/mol. The van der Waals surface area contributed by atoms with Gasteiger partial charge in [0.15, 0.2) is 0 Å². The highest BCUT2D eigenvalue weighted by molar-refractivity contribution is 8.29. The van der Waals surface area contributed by atoms with E-state index in [1.807, 2.05) is 72.8 Å². The van der Waals surface area contributed by atoms with Crippen molar-refractivity contribution >= 4 is 10.3 Å². The second-order valence-corrected chi connectivity index (χ2v) is 12.0. The molecule has 0 spiro atoms. The van der Waals surface area contributed by atoms with Crippen molar-refractivity contribution in [1.82, 2.24) is 0 Å². The Morgan fingerprint density at radius 3 is 1.44 bits per heavy atom. The summed E-state index contributed by atoms with van der Waals surface area (Å²) in [4.78, 5) is 2.62. The van der Waals surface area contributed by atoms with Gasteiger partial charge in [-0.1, -0.05) is 69.3 Å². The molecule has 0 atom stereocenters. The van der Waals surface area contributed by atoms with E-state index in [9.17, 15) is 6.87 Å². The summed E-state index contributed by atoms with van der Waals surface area (Å²) in [6, 6.07) is 27.5. The average molecular weight is 494 g/mol. The molecule has 0 aromatic heterocycles. The smallest absolute Gasteiger partial charge is 0.395 e. The van der Waals surface area contributed by atoms with Gasteiger partial charge >= 0.3 is 21.1 Å². The highest BCUT2D eigenvalue weighted by Gasteiger charge is 2.42. The van der Waals surface area contributed by atoms with E-state index in [1.54, 1.807) is 0 Å². The van der Waals surface area contributed by atoms with Crippen molar-refractivity contribution in [1.29, 1.82) is 0 Å². The van der Waals surface area contributed by atoms with Crippen molar-refractivity contribution in [2.45, 2.75) is 40.9 Å². The van der Waals surface area contributed by atoms with E-state index in [-0.39, 0.29) is 5.41 Å². The van der Waals surface area contributed by atoms with Crippen molar-refractivity contribution in [2.75, 3.05) is 0 Å². The Labute approximate surface area is 171 Å².